The molecule has 0 aromatic heterocycles. The van der Waals surface area contributed by atoms with Crippen molar-refractivity contribution >= 4 is 41.3 Å². The summed E-state index contributed by atoms with van der Waals surface area (Å²) >= 11 is 0. The molecule has 0 bridgehead atoms. The zero-order valence-corrected chi connectivity index (χ0v) is 21.4. The average Bonchev–Trinajstić information content (AvgIpc) is 2.88. The van der Waals surface area contributed by atoms with Gasteiger partial charge in [0.25, 0.3) is 0 Å². The number of fused-ring (bicyclic) bond motifs is 1. The first-order valence-corrected chi connectivity index (χ1v) is 11.6. The second kappa shape index (κ2) is 13.2. The van der Waals surface area contributed by atoms with E-state index in [4.69, 9.17) is 28.4 Å². The van der Waals surface area contributed by atoms with Crippen molar-refractivity contribution in [3.63, 3.8) is 0 Å². The van der Waals surface area contributed by atoms with Crippen LogP contribution in [0.3, 0.4) is 0 Å². The molecule has 0 aliphatic heterocycles. The molecular formula is C27H35NaO8. The predicted octanol–water partition coefficient (Wildman–Crippen LogP) is 4.00. The van der Waals surface area contributed by atoms with Crippen molar-refractivity contribution in [2.75, 3.05) is 42.2 Å². The van der Waals surface area contributed by atoms with Crippen molar-refractivity contribution in [3.05, 3.63) is 41.0 Å². The number of hydrogen-bond donors (Lipinski definition) is 0. The number of ketones is 1. The van der Waals surface area contributed by atoms with Crippen LogP contribution in [0.25, 0.3) is 0 Å². The number of hydrogen-bond acceptors (Lipinski definition) is 8. The van der Waals surface area contributed by atoms with E-state index in [-0.39, 0.29) is 35.3 Å². The first kappa shape index (κ1) is 29.8. The number of Topliss-reactive ketones (excluding diaryl/α,β-unsaturated/α-hetero) is 1. The summed E-state index contributed by atoms with van der Waals surface area (Å²) in [5, 5.41) is 0. The van der Waals surface area contributed by atoms with Gasteiger partial charge in [-0.2, -0.15) is 0 Å². The van der Waals surface area contributed by atoms with Gasteiger partial charge >= 0.3 is 35.5 Å². The molecule has 8 nitrogen and oxygen atoms in total. The quantitative estimate of drug-likeness (QED) is 0.269. The van der Waals surface area contributed by atoms with Gasteiger partial charge in [0, 0.05) is 17.4 Å². The van der Waals surface area contributed by atoms with Gasteiger partial charge in [0.2, 0.25) is 5.75 Å². The number of methoxy groups -OCH3 is 5. The molecule has 2 aromatic carbocycles. The molecule has 1 aliphatic rings. The van der Waals surface area contributed by atoms with Crippen molar-refractivity contribution in [2.45, 2.75) is 32.6 Å². The van der Waals surface area contributed by atoms with Gasteiger partial charge in [-0.1, -0.05) is 20.3 Å². The minimum absolute atomic E-state index is 0. The fraction of sp³-hybridized carbons (Fsp3) is 0.481. The van der Waals surface area contributed by atoms with Crippen LogP contribution >= 0.6 is 0 Å². The van der Waals surface area contributed by atoms with Crippen molar-refractivity contribution in [1.82, 2.24) is 0 Å². The van der Waals surface area contributed by atoms with Gasteiger partial charge in [0.1, 0.15) is 0 Å². The van der Waals surface area contributed by atoms with Gasteiger partial charge in [-0.05, 0) is 41.8 Å². The van der Waals surface area contributed by atoms with Gasteiger partial charge in [-0.15, -0.1) is 0 Å². The Morgan fingerprint density at radius 2 is 1.39 bits per heavy atom. The number of esters is 1. The molecule has 3 rings (SSSR count). The summed E-state index contributed by atoms with van der Waals surface area (Å²) in [5.41, 5.74) is 1.86. The minimum atomic E-state index is -0.757. The topological polar surface area (TPSA) is 89.5 Å². The Balaban J connectivity index is 0.00000456. The Hall–Kier alpha value is -2.42. The first-order valence-electron chi connectivity index (χ1n) is 11.6. The van der Waals surface area contributed by atoms with E-state index in [0.717, 1.165) is 18.4 Å². The average molecular weight is 511 g/mol. The van der Waals surface area contributed by atoms with Gasteiger partial charge in [0.05, 0.1) is 48.1 Å². The van der Waals surface area contributed by atoms with E-state index in [0.29, 0.717) is 46.5 Å². The molecule has 1 aliphatic carbocycles. The van der Waals surface area contributed by atoms with Crippen molar-refractivity contribution in [3.8, 4) is 28.7 Å². The molecule has 0 amide bonds. The van der Waals surface area contributed by atoms with Gasteiger partial charge in [-0.3, -0.25) is 9.59 Å². The first-order chi connectivity index (χ1) is 16.9. The fourth-order valence-corrected chi connectivity index (χ4v) is 4.68. The van der Waals surface area contributed by atoms with Crippen LogP contribution < -0.4 is 23.7 Å². The number of benzene rings is 2. The van der Waals surface area contributed by atoms with Crippen molar-refractivity contribution < 1.29 is 38.0 Å². The number of unbranched alkanes of at least 4 members (excludes halogenated alkanes) is 1. The zero-order valence-electron chi connectivity index (χ0n) is 21.4. The van der Waals surface area contributed by atoms with Crippen molar-refractivity contribution in [2.24, 2.45) is 11.8 Å². The molecule has 9 heteroatoms. The number of rotatable bonds is 10. The van der Waals surface area contributed by atoms with Gasteiger partial charge < -0.3 is 28.4 Å². The molecule has 0 saturated heterocycles. The second-order valence-electron chi connectivity index (χ2n) is 8.43. The van der Waals surface area contributed by atoms with E-state index >= 15 is 0 Å². The van der Waals surface area contributed by atoms with Crippen LogP contribution in [0.5, 0.6) is 28.7 Å². The third kappa shape index (κ3) is 5.61. The molecule has 0 N–H and O–H groups in total. The zero-order chi connectivity index (χ0) is 25.7. The monoisotopic (exact) mass is 510 g/mol. The molecular weight excluding hydrogens is 475 g/mol. The third-order valence-corrected chi connectivity index (χ3v) is 6.53. The van der Waals surface area contributed by atoms with Crippen molar-refractivity contribution in [1.29, 1.82) is 0 Å². The van der Waals surface area contributed by atoms with Crippen LogP contribution in [0.4, 0.5) is 0 Å². The Bertz CT molecular complexity index is 1060. The van der Waals surface area contributed by atoms with E-state index in [1.165, 1.54) is 35.5 Å². The SMILES string of the molecule is CCCCOC(=O)C1C(C)C(=O)c2cc(OC)c(OC)cc2C1c1cc(OC)c(OC)c(OC)c1.[NaH]. The number of carbonyl (C=O) groups excluding carboxylic acids is 2. The van der Waals surface area contributed by atoms with Crippen LogP contribution in [0.1, 0.15) is 54.1 Å². The Labute approximate surface area is 234 Å². The molecule has 0 radical (unpaired) electrons. The maximum absolute atomic E-state index is 13.5. The normalized spacial score (nSPS) is 18.4. The summed E-state index contributed by atoms with van der Waals surface area (Å²) in [6.07, 6.45) is 1.64. The Morgan fingerprint density at radius 3 is 1.89 bits per heavy atom. The molecule has 192 valence electrons. The molecule has 0 heterocycles. The molecule has 3 unspecified atom stereocenters. The predicted molar refractivity (Wildman–Crippen MR) is 137 cm³/mol. The summed E-state index contributed by atoms with van der Waals surface area (Å²) in [6, 6.07) is 7.05. The van der Waals surface area contributed by atoms with Crippen LogP contribution in [0.15, 0.2) is 24.3 Å². The Morgan fingerprint density at radius 1 is 0.833 bits per heavy atom. The summed E-state index contributed by atoms with van der Waals surface area (Å²) in [7, 11) is 7.65. The molecule has 3 atom stereocenters. The van der Waals surface area contributed by atoms with Crippen LogP contribution in [0.2, 0.25) is 0 Å². The molecule has 36 heavy (non-hydrogen) atoms. The van der Waals surface area contributed by atoms with E-state index < -0.39 is 23.7 Å². The second-order valence-corrected chi connectivity index (χ2v) is 8.43. The molecule has 2 aromatic rings. The van der Waals surface area contributed by atoms with E-state index in [1.54, 1.807) is 31.2 Å². The summed E-state index contributed by atoms with van der Waals surface area (Å²) in [4.78, 5) is 26.9. The standard InChI is InChI=1S/C27H34O8.Na.H/c1-8-9-10-35-27(29)23-15(2)25(28)18-14-20(31-4)19(30-3)13-17(18)24(23)16-11-21(32-5)26(34-7)22(12-16)33-6;;/h11-15,23-24H,8-10H2,1-7H3;;. The molecule has 0 fully saturated rings. The number of ether oxygens (including phenoxy) is 6. The summed E-state index contributed by atoms with van der Waals surface area (Å²) in [5.74, 6) is -0.234. The van der Waals surface area contributed by atoms with Crippen LogP contribution in [-0.4, -0.2) is 83.5 Å². The van der Waals surface area contributed by atoms with Gasteiger partial charge in [0.15, 0.2) is 28.8 Å². The maximum atomic E-state index is 13.5. The fourth-order valence-electron chi connectivity index (χ4n) is 4.68. The molecule has 0 saturated carbocycles. The van der Waals surface area contributed by atoms with Crippen LogP contribution in [0, 0.1) is 11.8 Å². The van der Waals surface area contributed by atoms with Gasteiger partial charge in [-0.25, -0.2) is 0 Å². The summed E-state index contributed by atoms with van der Waals surface area (Å²) in [6.45, 7) is 4.08. The molecule has 0 spiro atoms. The third-order valence-electron chi connectivity index (χ3n) is 6.53. The van der Waals surface area contributed by atoms with Crippen LogP contribution in [-0.2, 0) is 9.53 Å². The van der Waals surface area contributed by atoms with E-state index in [1.807, 2.05) is 6.92 Å². The van der Waals surface area contributed by atoms with E-state index in [9.17, 15) is 9.59 Å². The Kier molecular flexibility index (Phi) is 10.9. The number of carbonyl (C=O) groups is 2. The van der Waals surface area contributed by atoms with E-state index in [2.05, 4.69) is 0 Å². The summed E-state index contributed by atoms with van der Waals surface area (Å²) < 4.78 is 33.2.